The van der Waals surface area contributed by atoms with E-state index in [0.717, 1.165) is 5.69 Å². The average molecular weight is 324 g/mol. The summed E-state index contributed by atoms with van der Waals surface area (Å²) in [5.74, 6) is -0.0724. The molecule has 0 unspecified atom stereocenters. The molecule has 1 aromatic rings. The van der Waals surface area contributed by atoms with Crippen molar-refractivity contribution in [1.29, 1.82) is 0 Å². The highest BCUT2D eigenvalue weighted by atomic mass is 16.6. The van der Waals surface area contributed by atoms with Crippen LogP contribution in [0.3, 0.4) is 0 Å². The van der Waals surface area contributed by atoms with Crippen molar-refractivity contribution in [3.63, 3.8) is 0 Å². The first-order valence-electron chi connectivity index (χ1n) is 7.73. The molecule has 0 radical (unpaired) electrons. The van der Waals surface area contributed by atoms with E-state index in [1.54, 1.807) is 17.1 Å². The van der Waals surface area contributed by atoms with Gasteiger partial charge in [-0.15, -0.1) is 0 Å². The van der Waals surface area contributed by atoms with Gasteiger partial charge < -0.3 is 19.9 Å². The lowest BCUT2D eigenvalue weighted by atomic mass is 10.1. The van der Waals surface area contributed by atoms with Gasteiger partial charge in [-0.1, -0.05) is 0 Å². The number of ether oxygens (including phenoxy) is 1. The van der Waals surface area contributed by atoms with Gasteiger partial charge in [-0.25, -0.2) is 9.78 Å². The predicted octanol–water partition coefficient (Wildman–Crippen LogP) is 1.86. The molecule has 0 bridgehead atoms. The minimum Gasteiger partial charge on any atom is -0.444 e. The summed E-state index contributed by atoms with van der Waals surface area (Å²) in [6.07, 6.45) is 3.43. The van der Waals surface area contributed by atoms with Crippen LogP contribution in [0, 0.1) is 0 Å². The summed E-state index contributed by atoms with van der Waals surface area (Å²) in [5, 5.41) is 5.60. The monoisotopic (exact) mass is 324 g/mol. The molecule has 0 saturated carbocycles. The Morgan fingerprint density at radius 1 is 1.22 bits per heavy atom. The third-order valence-electron chi connectivity index (χ3n) is 2.68. The molecule has 0 fully saturated rings. The molecule has 0 saturated heterocycles. The van der Waals surface area contributed by atoms with E-state index in [4.69, 9.17) is 4.74 Å². The molecule has 7 nitrogen and oxygen atoms in total. The van der Waals surface area contributed by atoms with Crippen molar-refractivity contribution >= 4 is 12.0 Å². The highest BCUT2D eigenvalue weighted by molar-refractivity contribution is 5.76. The third-order valence-corrected chi connectivity index (χ3v) is 2.68. The van der Waals surface area contributed by atoms with E-state index in [0.29, 0.717) is 13.0 Å². The summed E-state index contributed by atoms with van der Waals surface area (Å²) in [4.78, 5) is 27.6. The van der Waals surface area contributed by atoms with E-state index in [2.05, 4.69) is 15.6 Å². The van der Waals surface area contributed by atoms with Gasteiger partial charge in [0.25, 0.3) is 0 Å². The molecule has 0 aliphatic heterocycles. The normalized spacial score (nSPS) is 11.9. The van der Waals surface area contributed by atoms with Crippen molar-refractivity contribution in [2.75, 3.05) is 6.54 Å². The van der Waals surface area contributed by atoms with Crippen LogP contribution in [0.2, 0.25) is 0 Å². The molecule has 130 valence electrons. The smallest absolute Gasteiger partial charge is 0.407 e. The molecule has 1 rings (SSSR count). The van der Waals surface area contributed by atoms with E-state index in [1.165, 1.54) is 0 Å². The Morgan fingerprint density at radius 2 is 1.87 bits per heavy atom. The topological polar surface area (TPSA) is 85.3 Å². The average Bonchev–Trinajstić information content (AvgIpc) is 2.71. The molecule has 0 atom stereocenters. The Labute approximate surface area is 137 Å². The predicted molar refractivity (Wildman–Crippen MR) is 88.1 cm³/mol. The Balaban J connectivity index is 2.46. The van der Waals surface area contributed by atoms with Crippen LogP contribution in [0.5, 0.6) is 0 Å². The first-order valence-corrected chi connectivity index (χ1v) is 7.73. The van der Waals surface area contributed by atoms with E-state index in [9.17, 15) is 9.59 Å². The second-order valence-corrected chi connectivity index (χ2v) is 7.49. The highest BCUT2D eigenvalue weighted by Crippen LogP contribution is 2.07. The number of hydrogen-bond acceptors (Lipinski definition) is 4. The summed E-state index contributed by atoms with van der Waals surface area (Å²) in [6, 6.07) is 0. The third kappa shape index (κ3) is 8.23. The molecule has 1 heterocycles. The molecular weight excluding hydrogens is 296 g/mol. The lowest BCUT2D eigenvalue weighted by Gasteiger charge is -2.21. The van der Waals surface area contributed by atoms with Crippen LogP contribution in [-0.2, 0) is 22.5 Å². The van der Waals surface area contributed by atoms with Gasteiger partial charge in [-0.2, -0.15) is 0 Å². The van der Waals surface area contributed by atoms with Crippen LogP contribution in [0.25, 0.3) is 0 Å². The van der Waals surface area contributed by atoms with Gasteiger partial charge in [0.05, 0.1) is 6.33 Å². The standard InChI is InChI=1S/C16H28N4O3/c1-15(2,3)19-13(21)10-20-11-17-9-12(20)7-8-18-14(22)23-16(4,5)6/h9,11H,7-8,10H2,1-6H3,(H,18,22)(H,19,21). The molecule has 1 aromatic heterocycles. The summed E-state index contributed by atoms with van der Waals surface area (Å²) >= 11 is 0. The van der Waals surface area contributed by atoms with Gasteiger partial charge in [0.1, 0.15) is 12.1 Å². The number of hydrogen-bond donors (Lipinski definition) is 2. The van der Waals surface area contributed by atoms with E-state index < -0.39 is 11.7 Å². The zero-order valence-electron chi connectivity index (χ0n) is 14.9. The van der Waals surface area contributed by atoms with Crippen LogP contribution in [0.4, 0.5) is 4.79 Å². The van der Waals surface area contributed by atoms with Gasteiger partial charge >= 0.3 is 6.09 Å². The van der Waals surface area contributed by atoms with Crippen LogP contribution in [-0.4, -0.2) is 39.2 Å². The largest absolute Gasteiger partial charge is 0.444 e. The summed E-state index contributed by atoms with van der Waals surface area (Å²) in [7, 11) is 0. The van der Waals surface area contributed by atoms with Gasteiger partial charge in [-0.05, 0) is 41.5 Å². The van der Waals surface area contributed by atoms with E-state index in [1.807, 2.05) is 41.5 Å². The van der Waals surface area contributed by atoms with Crippen LogP contribution in [0.15, 0.2) is 12.5 Å². The maximum atomic E-state index is 12.0. The SMILES string of the molecule is CC(C)(C)NC(=O)Cn1cncc1CCNC(=O)OC(C)(C)C. The molecule has 23 heavy (non-hydrogen) atoms. The van der Waals surface area contributed by atoms with Gasteiger partial charge in [0.15, 0.2) is 0 Å². The number of nitrogens with zero attached hydrogens (tertiary/aromatic N) is 2. The van der Waals surface area contributed by atoms with Crippen molar-refractivity contribution in [2.45, 2.75) is 65.6 Å². The molecule has 0 aliphatic carbocycles. The Morgan fingerprint density at radius 3 is 2.43 bits per heavy atom. The van der Waals surface area contributed by atoms with Crippen molar-refractivity contribution < 1.29 is 14.3 Å². The molecule has 0 spiro atoms. The Kier molecular flexibility index (Phi) is 6.18. The summed E-state index contributed by atoms with van der Waals surface area (Å²) in [6.45, 7) is 11.9. The molecule has 0 aromatic carbocycles. The van der Waals surface area contributed by atoms with E-state index in [-0.39, 0.29) is 18.0 Å². The second kappa shape index (κ2) is 7.48. The van der Waals surface area contributed by atoms with Gasteiger partial charge in [0, 0.05) is 30.4 Å². The Hall–Kier alpha value is -2.05. The number of imidazole rings is 1. The number of carbonyl (C=O) groups is 2. The minimum absolute atomic E-state index is 0.0724. The maximum Gasteiger partial charge on any atom is 0.407 e. The second-order valence-electron chi connectivity index (χ2n) is 7.49. The fourth-order valence-electron chi connectivity index (χ4n) is 1.92. The van der Waals surface area contributed by atoms with Crippen molar-refractivity contribution in [1.82, 2.24) is 20.2 Å². The lowest BCUT2D eigenvalue weighted by molar-refractivity contribution is -0.123. The molecular formula is C16H28N4O3. The van der Waals surface area contributed by atoms with E-state index >= 15 is 0 Å². The fourth-order valence-corrected chi connectivity index (χ4v) is 1.92. The summed E-state index contributed by atoms with van der Waals surface area (Å²) < 4.78 is 6.95. The first kappa shape index (κ1) is 19.0. The molecule has 0 aliphatic rings. The fraction of sp³-hybridized carbons (Fsp3) is 0.688. The van der Waals surface area contributed by atoms with Crippen LogP contribution < -0.4 is 10.6 Å². The zero-order chi connectivity index (χ0) is 17.7. The van der Waals surface area contributed by atoms with Gasteiger partial charge in [0.2, 0.25) is 5.91 Å². The van der Waals surface area contributed by atoms with Crippen molar-refractivity contribution in [3.05, 3.63) is 18.2 Å². The van der Waals surface area contributed by atoms with Crippen LogP contribution >= 0.6 is 0 Å². The number of nitrogens with one attached hydrogen (secondary N) is 2. The number of aromatic nitrogens is 2. The number of amides is 2. The lowest BCUT2D eigenvalue weighted by Crippen LogP contribution is -2.42. The minimum atomic E-state index is -0.517. The first-order chi connectivity index (χ1) is 10.5. The van der Waals surface area contributed by atoms with Gasteiger partial charge in [-0.3, -0.25) is 4.79 Å². The number of rotatable bonds is 5. The Bertz CT molecular complexity index is 538. The highest BCUT2D eigenvalue weighted by Gasteiger charge is 2.17. The quantitative estimate of drug-likeness (QED) is 0.866. The maximum absolute atomic E-state index is 12.0. The van der Waals surface area contributed by atoms with Crippen molar-refractivity contribution in [3.8, 4) is 0 Å². The molecule has 2 N–H and O–H groups in total. The van der Waals surface area contributed by atoms with Crippen LogP contribution in [0.1, 0.15) is 47.2 Å². The molecule has 7 heteroatoms. The van der Waals surface area contributed by atoms with Crippen molar-refractivity contribution in [2.24, 2.45) is 0 Å². The number of carbonyl (C=O) groups excluding carboxylic acids is 2. The zero-order valence-corrected chi connectivity index (χ0v) is 14.9. The molecule has 2 amide bonds. The summed E-state index contributed by atoms with van der Waals surface area (Å²) in [5.41, 5.74) is 0.0950. The number of alkyl carbamates (subject to hydrolysis) is 1.